The quantitative estimate of drug-likeness (QED) is 0.927. The number of aromatic nitrogens is 4. The van der Waals surface area contributed by atoms with E-state index in [0.717, 1.165) is 25.5 Å². The highest BCUT2D eigenvalue weighted by Gasteiger charge is 2.35. The standard InChI is InChI=1S/C14H21N5O/c1-10-7-15-17-13(10)14(3)5-4-6-19(9-14)8-12-16-11(2)20-18-12/h7H,4-6,8-9H2,1-3H3,(H,15,17). The average Bonchev–Trinajstić information content (AvgIpc) is 2.99. The van der Waals surface area contributed by atoms with Crippen molar-refractivity contribution >= 4 is 0 Å². The number of hydrogen-bond donors (Lipinski definition) is 1. The lowest BCUT2D eigenvalue weighted by molar-refractivity contribution is 0.142. The van der Waals surface area contributed by atoms with Gasteiger partial charge in [-0.3, -0.25) is 10.00 Å². The summed E-state index contributed by atoms with van der Waals surface area (Å²) in [7, 11) is 0. The van der Waals surface area contributed by atoms with Crippen LogP contribution in [0.5, 0.6) is 0 Å². The SMILES string of the molecule is Cc1nc(CN2CCCC(C)(c3[nH]ncc3C)C2)no1. The van der Waals surface area contributed by atoms with Crippen LogP contribution in [0.1, 0.15) is 42.7 Å². The van der Waals surface area contributed by atoms with E-state index in [9.17, 15) is 0 Å². The van der Waals surface area contributed by atoms with Crippen molar-refractivity contribution < 1.29 is 4.52 Å². The number of piperidine rings is 1. The van der Waals surface area contributed by atoms with Crippen LogP contribution in [0.3, 0.4) is 0 Å². The summed E-state index contributed by atoms with van der Waals surface area (Å²) in [6, 6.07) is 0. The smallest absolute Gasteiger partial charge is 0.223 e. The van der Waals surface area contributed by atoms with E-state index in [1.807, 2.05) is 13.1 Å². The molecule has 1 aliphatic rings. The third-order valence-electron chi connectivity index (χ3n) is 4.14. The fraction of sp³-hybridized carbons (Fsp3) is 0.643. The molecular formula is C14H21N5O. The van der Waals surface area contributed by atoms with Crippen molar-refractivity contribution in [1.29, 1.82) is 0 Å². The molecule has 2 aromatic heterocycles. The van der Waals surface area contributed by atoms with Gasteiger partial charge in [0.15, 0.2) is 5.82 Å². The second-order valence-electron chi connectivity index (χ2n) is 6.03. The van der Waals surface area contributed by atoms with Gasteiger partial charge in [-0.1, -0.05) is 12.1 Å². The Morgan fingerprint density at radius 3 is 2.95 bits per heavy atom. The van der Waals surface area contributed by atoms with Crippen LogP contribution in [0.2, 0.25) is 0 Å². The van der Waals surface area contributed by atoms with Crippen molar-refractivity contribution in [3.8, 4) is 0 Å². The largest absolute Gasteiger partial charge is 0.340 e. The molecule has 0 spiro atoms. The molecule has 0 aliphatic carbocycles. The summed E-state index contributed by atoms with van der Waals surface area (Å²) in [5.41, 5.74) is 2.62. The van der Waals surface area contributed by atoms with E-state index in [0.29, 0.717) is 5.89 Å². The Labute approximate surface area is 118 Å². The molecule has 1 aliphatic heterocycles. The van der Waals surface area contributed by atoms with Gasteiger partial charge in [0.25, 0.3) is 0 Å². The van der Waals surface area contributed by atoms with E-state index in [2.05, 4.69) is 39.1 Å². The number of H-pyrrole nitrogens is 1. The zero-order valence-electron chi connectivity index (χ0n) is 12.3. The summed E-state index contributed by atoms with van der Waals surface area (Å²) >= 11 is 0. The first-order valence-electron chi connectivity index (χ1n) is 7.09. The molecule has 6 nitrogen and oxygen atoms in total. The highest BCUT2D eigenvalue weighted by atomic mass is 16.5. The predicted molar refractivity (Wildman–Crippen MR) is 74.2 cm³/mol. The van der Waals surface area contributed by atoms with Gasteiger partial charge in [-0.25, -0.2) is 0 Å². The molecule has 1 fully saturated rings. The summed E-state index contributed by atoms with van der Waals surface area (Å²) in [5, 5.41) is 11.3. The third-order valence-corrected chi connectivity index (χ3v) is 4.14. The van der Waals surface area contributed by atoms with Crippen LogP contribution < -0.4 is 0 Å². The lowest BCUT2D eigenvalue weighted by Crippen LogP contribution is -2.44. The van der Waals surface area contributed by atoms with Crippen molar-refractivity contribution in [1.82, 2.24) is 25.2 Å². The van der Waals surface area contributed by atoms with Crippen molar-refractivity contribution in [2.75, 3.05) is 13.1 Å². The zero-order valence-corrected chi connectivity index (χ0v) is 12.3. The fourth-order valence-electron chi connectivity index (χ4n) is 3.25. The fourth-order valence-corrected chi connectivity index (χ4v) is 3.25. The molecule has 0 aromatic carbocycles. The Hall–Kier alpha value is -1.69. The zero-order chi connectivity index (χ0) is 14.2. The maximum atomic E-state index is 5.05. The summed E-state index contributed by atoms with van der Waals surface area (Å²) in [6.45, 7) is 9.07. The van der Waals surface area contributed by atoms with E-state index in [4.69, 9.17) is 4.52 Å². The van der Waals surface area contributed by atoms with Crippen LogP contribution >= 0.6 is 0 Å². The van der Waals surface area contributed by atoms with Crippen LogP contribution in [0.4, 0.5) is 0 Å². The van der Waals surface area contributed by atoms with Gasteiger partial charge in [0.2, 0.25) is 5.89 Å². The molecule has 1 unspecified atom stereocenters. The number of aromatic amines is 1. The topological polar surface area (TPSA) is 70.8 Å². The summed E-state index contributed by atoms with van der Waals surface area (Å²) < 4.78 is 5.05. The van der Waals surface area contributed by atoms with Crippen LogP contribution in [0.15, 0.2) is 10.7 Å². The van der Waals surface area contributed by atoms with Gasteiger partial charge in [0, 0.05) is 24.6 Å². The van der Waals surface area contributed by atoms with E-state index in [1.54, 1.807) is 0 Å². The first kappa shape index (κ1) is 13.3. The summed E-state index contributed by atoms with van der Waals surface area (Å²) in [4.78, 5) is 6.69. The molecule has 1 atom stereocenters. The molecule has 3 heterocycles. The third kappa shape index (κ3) is 2.47. The first-order chi connectivity index (χ1) is 9.57. The second-order valence-corrected chi connectivity index (χ2v) is 6.03. The van der Waals surface area contributed by atoms with Crippen LogP contribution in [-0.2, 0) is 12.0 Å². The lowest BCUT2D eigenvalue weighted by Gasteiger charge is -2.39. The normalized spacial score (nSPS) is 24.1. The molecule has 108 valence electrons. The number of hydrogen-bond acceptors (Lipinski definition) is 5. The first-order valence-corrected chi connectivity index (χ1v) is 7.09. The van der Waals surface area contributed by atoms with E-state index < -0.39 is 0 Å². The Morgan fingerprint density at radius 1 is 1.45 bits per heavy atom. The van der Waals surface area contributed by atoms with Gasteiger partial charge in [-0.2, -0.15) is 10.1 Å². The molecule has 1 saturated heterocycles. The second kappa shape index (κ2) is 5.01. The lowest BCUT2D eigenvalue weighted by atomic mass is 9.77. The van der Waals surface area contributed by atoms with Crippen molar-refractivity contribution in [3.05, 3.63) is 29.2 Å². The molecule has 1 N–H and O–H groups in total. The number of likely N-dealkylation sites (tertiary alicyclic amines) is 1. The van der Waals surface area contributed by atoms with Gasteiger partial charge >= 0.3 is 0 Å². The number of rotatable bonds is 3. The Balaban J connectivity index is 1.74. The maximum absolute atomic E-state index is 5.05. The van der Waals surface area contributed by atoms with E-state index >= 15 is 0 Å². The monoisotopic (exact) mass is 275 g/mol. The van der Waals surface area contributed by atoms with Crippen molar-refractivity contribution in [2.24, 2.45) is 0 Å². The number of aryl methyl sites for hydroxylation is 2. The molecule has 0 radical (unpaired) electrons. The predicted octanol–water partition coefficient (Wildman–Crippen LogP) is 1.96. The van der Waals surface area contributed by atoms with Gasteiger partial charge in [0.1, 0.15) is 0 Å². The Kier molecular flexibility index (Phi) is 3.33. The van der Waals surface area contributed by atoms with Gasteiger partial charge < -0.3 is 4.52 Å². The Bertz CT molecular complexity index is 590. The van der Waals surface area contributed by atoms with E-state index in [-0.39, 0.29) is 5.41 Å². The minimum atomic E-state index is 0.123. The van der Waals surface area contributed by atoms with Gasteiger partial charge in [0.05, 0.1) is 12.7 Å². The number of nitrogens with one attached hydrogen (secondary N) is 1. The van der Waals surface area contributed by atoms with Crippen LogP contribution in [0, 0.1) is 13.8 Å². The van der Waals surface area contributed by atoms with E-state index in [1.165, 1.54) is 24.1 Å². The maximum Gasteiger partial charge on any atom is 0.223 e. The summed E-state index contributed by atoms with van der Waals surface area (Å²) in [6.07, 6.45) is 4.26. The van der Waals surface area contributed by atoms with Gasteiger partial charge in [-0.15, -0.1) is 0 Å². The molecule has 2 aromatic rings. The molecule has 6 heteroatoms. The summed E-state index contributed by atoms with van der Waals surface area (Å²) in [5.74, 6) is 1.40. The molecule has 0 saturated carbocycles. The van der Waals surface area contributed by atoms with Crippen LogP contribution in [-0.4, -0.2) is 38.3 Å². The molecule has 0 amide bonds. The van der Waals surface area contributed by atoms with Crippen molar-refractivity contribution in [3.63, 3.8) is 0 Å². The minimum Gasteiger partial charge on any atom is -0.340 e. The van der Waals surface area contributed by atoms with Gasteiger partial charge in [-0.05, 0) is 31.9 Å². The highest BCUT2D eigenvalue weighted by Crippen LogP contribution is 2.34. The van der Waals surface area contributed by atoms with Crippen LogP contribution in [0.25, 0.3) is 0 Å². The Morgan fingerprint density at radius 2 is 2.30 bits per heavy atom. The number of nitrogens with zero attached hydrogens (tertiary/aromatic N) is 4. The molecule has 3 rings (SSSR count). The molecule has 20 heavy (non-hydrogen) atoms. The average molecular weight is 275 g/mol. The minimum absolute atomic E-state index is 0.123. The molecular weight excluding hydrogens is 254 g/mol. The molecule has 0 bridgehead atoms. The van der Waals surface area contributed by atoms with Crippen molar-refractivity contribution in [2.45, 2.75) is 45.6 Å². The highest BCUT2D eigenvalue weighted by molar-refractivity contribution is 5.24.